The van der Waals surface area contributed by atoms with Crippen LogP contribution in [0.3, 0.4) is 0 Å². The highest BCUT2D eigenvalue weighted by molar-refractivity contribution is 7.80. The monoisotopic (exact) mass is 277 g/mol. The lowest BCUT2D eigenvalue weighted by Crippen LogP contribution is -2.51. The van der Waals surface area contributed by atoms with Gasteiger partial charge < -0.3 is 5.32 Å². The van der Waals surface area contributed by atoms with Gasteiger partial charge in [0.15, 0.2) is 5.11 Å². The van der Waals surface area contributed by atoms with Crippen LogP contribution in [0, 0.1) is 5.92 Å². The molecule has 2 atom stereocenters. The van der Waals surface area contributed by atoms with Crippen molar-refractivity contribution in [2.75, 3.05) is 5.01 Å². The minimum Gasteiger partial charge on any atom is -0.342 e. The smallest absolute Gasteiger partial charge is 0.189 e. The molecule has 2 rings (SSSR count). The molecule has 1 aromatic carbocycles. The molecule has 1 heterocycles. The summed E-state index contributed by atoms with van der Waals surface area (Å²) in [5.74, 6) is 0.665. The number of nitrogens with one attached hydrogen (secondary N) is 2. The molecule has 1 fully saturated rings. The highest BCUT2D eigenvalue weighted by atomic mass is 32.1. The number of hydrazine groups is 1. The standard InChI is InChI=1S/C15H23N3S/c1-4-12(3)11-15(5-2)16-14(19)18(17-15)13-9-7-6-8-10-13/h6-10,12,17H,4-5,11H2,1-3H3,(H,16,19)/t12-,15-/m0/s1. The molecule has 19 heavy (non-hydrogen) atoms. The molecule has 4 heteroatoms. The fourth-order valence-electron chi connectivity index (χ4n) is 2.46. The van der Waals surface area contributed by atoms with E-state index in [9.17, 15) is 0 Å². The Morgan fingerprint density at radius 1 is 1.26 bits per heavy atom. The van der Waals surface area contributed by atoms with Crippen molar-refractivity contribution < 1.29 is 0 Å². The number of hydrogen-bond acceptors (Lipinski definition) is 2. The van der Waals surface area contributed by atoms with Gasteiger partial charge in [-0.2, -0.15) is 0 Å². The molecule has 1 aromatic rings. The number of nitrogens with zero attached hydrogens (tertiary/aromatic N) is 1. The average Bonchev–Trinajstić information content (AvgIpc) is 2.77. The Balaban J connectivity index is 2.17. The van der Waals surface area contributed by atoms with E-state index in [0.29, 0.717) is 5.92 Å². The minimum atomic E-state index is -0.109. The number of hydrogen-bond donors (Lipinski definition) is 2. The summed E-state index contributed by atoms with van der Waals surface area (Å²) in [5, 5.41) is 6.22. The number of thiocarbonyl (C=S) groups is 1. The van der Waals surface area contributed by atoms with Crippen molar-refractivity contribution in [2.24, 2.45) is 5.92 Å². The van der Waals surface area contributed by atoms with E-state index in [1.807, 2.05) is 23.2 Å². The third-order valence-corrected chi connectivity index (χ3v) is 4.17. The maximum absolute atomic E-state index is 5.48. The first-order valence-corrected chi connectivity index (χ1v) is 7.46. The normalized spacial score (nSPS) is 24.4. The Morgan fingerprint density at radius 3 is 2.53 bits per heavy atom. The van der Waals surface area contributed by atoms with Crippen LogP contribution in [0.5, 0.6) is 0 Å². The van der Waals surface area contributed by atoms with Crippen molar-refractivity contribution in [1.82, 2.24) is 10.7 Å². The predicted octanol–water partition coefficient (Wildman–Crippen LogP) is 3.43. The third kappa shape index (κ3) is 3.07. The van der Waals surface area contributed by atoms with Crippen molar-refractivity contribution in [2.45, 2.75) is 45.7 Å². The van der Waals surface area contributed by atoms with Gasteiger partial charge in [0.1, 0.15) is 5.66 Å². The van der Waals surface area contributed by atoms with E-state index in [1.54, 1.807) is 0 Å². The molecule has 104 valence electrons. The molecular formula is C15H23N3S. The largest absolute Gasteiger partial charge is 0.342 e. The fourth-order valence-corrected chi connectivity index (χ4v) is 2.81. The molecular weight excluding hydrogens is 254 g/mol. The Hall–Kier alpha value is -1.13. The van der Waals surface area contributed by atoms with Crippen molar-refractivity contribution in [3.05, 3.63) is 30.3 Å². The zero-order valence-corrected chi connectivity index (χ0v) is 12.8. The molecule has 0 radical (unpaired) electrons. The summed E-state index contributed by atoms with van der Waals surface area (Å²) in [6.45, 7) is 6.71. The van der Waals surface area contributed by atoms with Crippen LogP contribution in [0.15, 0.2) is 30.3 Å². The van der Waals surface area contributed by atoms with Gasteiger partial charge in [-0.05, 0) is 43.1 Å². The van der Waals surface area contributed by atoms with Gasteiger partial charge in [0.2, 0.25) is 0 Å². The van der Waals surface area contributed by atoms with Gasteiger partial charge in [-0.15, -0.1) is 0 Å². The van der Waals surface area contributed by atoms with E-state index < -0.39 is 0 Å². The van der Waals surface area contributed by atoms with Crippen LogP contribution in [0.2, 0.25) is 0 Å². The number of benzene rings is 1. The van der Waals surface area contributed by atoms with E-state index >= 15 is 0 Å². The van der Waals surface area contributed by atoms with Crippen LogP contribution in [0.25, 0.3) is 0 Å². The Bertz CT molecular complexity index is 434. The van der Waals surface area contributed by atoms with E-state index in [0.717, 1.165) is 23.6 Å². The number of rotatable bonds is 5. The Kier molecular flexibility index (Phi) is 4.42. The quantitative estimate of drug-likeness (QED) is 0.806. The topological polar surface area (TPSA) is 27.3 Å². The SMILES string of the molecule is CC[C@H](C)C[C@@]1(CC)NC(=S)N(c2ccccc2)N1. The van der Waals surface area contributed by atoms with Crippen molar-refractivity contribution in [1.29, 1.82) is 0 Å². The van der Waals surface area contributed by atoms with Gasteiger partial charge in [-0.1, -0.05) is 45.4 Å². The van der Waals surface area contributed by atoms with Gasteiger partial charge in [0.05, 0.1) is 5.69 Å². The lowest BCUT2D eigenvalue weighted by Gasteiger charge is -2.31. The van der Waals surface area contributed by atoms with Crippen molar-refractivity contribution in [3.8, 4) is 0 Å². The van der Waals surface area contributed by atoms with Crippen molar-refractivity contribution >= 4 is 23.0 Å². The second kappa shape index (κ2) is 5.88. The molecule has 1 saturated heterocycles. The van der Waals surface area contributed by atoms with E-state index in [1.165, 1.54) is 6.42 Å². The fraction of sp³-hybridized carbons (Fsp3) is 0.533. The first kappa shape index (κ1) is 14.3. The van der Waals surface area contributed by atoms with Gasteiger partial charge in [-0.25, -0.2) is 5.43 Å². The summed E-state index contributed by atoms with van der Waals surface area (Å²) in [6, 6.07) is 10.2. The highest BCUT2D eigenvalue weighted by Crippen LogP contribution is 2.27. The third-order valence-electron chi connectivity index (χ3n) is 3.89. The summed E-state index contributed by atoms with van der Waals surface area (Å²) < 4.78 is 0. The van der Waals surface area contributed by atoms with Crippen LogP contribution in [0.1, 0.15) is 40.0 Å². The second-order valence-corrected chi connectivity index (χ2v) is 5.75. The van der Waals surface area contributed by atoms with Crippen molar-refractivity contribution in [3.63, 3.8) is 0 Å². The molecule has 0 amide bonds. The number of para-hydroxylation sites is 1. The molecule has 1 aliphatic heterocycles. The first-order chi connectivity index (χ1) is 9.10. The summed E-state index contributed by atoms with van der Waals surface area (Å²) in [4.78, 5) is 0. The molecule has 2 N–H and O–H groups in total. The lowest BCUT2D eigenvalue weighted by molar-refractivity contribution is 0.255. The minimum absolute atomic E-state index is 0.109. The summed E-state index contributed by atoms with van der Waals surface area (Å²) in [5.41, 5.74) is 4.54. The maximum Gasteiger partial charge on any atom is 0.189 e. The summed E-state index contributed by atoms with van der Waals surface area (Å²) >= 11 is 5.48. The van der Waals surface area contributed by atoms with Crippen LogP contribution in [-0.2, 0) is 0 Å². The summed E-state index contributed by atoms with van der Waals surface area (Å²) in [6.07, 6.45) is 3.26. The predicted molar refractivity (Wildman–Crippen MR) is 84.9 cm³/mol. The second-order valence-electron chi connectivity index (χ2n) is 5.37. The molecule has 0 saturated carbocycles. The highest BCUT2D eigenvalue weighted by Gasteiger charge is 2.39. The van der Waals surface area contributed by atoms with Gasteiger partial charge >= 0.3 is 0 Å². The zero-order chi connectivity index (χ0) is 13.9. The molecule has 0 aliphatic carbocycles. The first-order valence-electron chi connectivity index (χ1n) is 7.05. The number of anilines is 1. The van der Waals surface area contributed by atoms with Crippen LogP contribution in [-0.4, -0.2) is 10.8 Å². The Morgan fingerprint density at radius 2 is 1.95 bits per heavy atom. The van der Waals surface area contributed by atoms with Crippen LogP contribution in [0.4, 0.5) is 5.69 Å². The lowest BCUT2D eigenvalue weighted by atomic mass is 9.93. The Labute approximate surface area is 121 Å². The van der Waals surface area contributed by atoms with E-state index in [4.69, 9.17) is 12.2 Å². The van der Waals surface area contributed by atoms with Gasteiger partial charge in [-0.3, -0.25) is 5.01 Å². The van der Waals surface area contributed by atoms with E-state index in [-0.39, 0.29) is 5.66 Å². The van der Waals surface area contributed by atoms with Gasteiger partial charge in [0.25, 0.3) is 0 Å². The zero-order valence-electron chi connectivity index (χ0n) is 11.9. The van der Waals surface area contributed by atoms with Crippen LogP contribution < -0.4 is 15.8 Å². The maximum atomic E-state index is 5.48. The molecule has 0 spiro atoms. The van der Waals surface area contributed by atoms with E-state index in [2.05, 4.69) is 43.6 Å². The molecule has 0 bridgehead atoms. The molecule has 0 aromatic heterocycles. The molecule has 3 nitrogen and oxygen atoms in total. The summed E-state index contributed by atoms with van der Waals surface area (Å²) in [7, 11) is 0. The van der Waals surface area contributed by atoms with Gasteiger partial charge in [0, 0.05) is 0 Å². The van der Waals surface area contributed by atoms with Crippen LogP contribution >= 0.6 is 12.2 Å². The molecule has 0 unspecified atom stereocenters. The average molecular weight is 277 g/mol. The molecule has 1 aliphatic rings.